The zero-order valence-corrected chi connectivity index (χ0v) is 12.5. The molecule has 0 aliphatic rings. The Morgan fingerprint density at radius 1 is 1.26 bits per heavy atom. The maximum absolute atomic E-state index is 12.2. The average Bonchev–Trinajstić information content (AvgIpc) is 2.39. The molecule has 1 atom stereocenters. The molecular weight excluding hydrogens is 264 g/mol. The highest BCUT2D eigenvalue weighted by Crippen LogP contribution is 2.14. The summed E-state index contributed by atoms with van der Waals surface area (Å²) in [5, 5.41) is 2.95. The van der Waals surface area contributed by atoms with E-state index in [9.17, 15) is 8.42 Å². The number of ether oxygens (including phenoxy) is 1. The monoisotopic (exact) mass is 286 g/mol. The molecule has 0 radical (unpaired) electrons. The molecule has 0 fully saturated rings. The highest BCUT2D eigenvalue weighted by molar-refractivity contribution is 7.89. The molecule has 5 nitrogen and oxygen atoms in total. The molecule has 1 aromatic rings. The van der Waals surface area contributed by atoms with E-state index in [1.807, 2.05) is 6.92 Å². The van der Waals surface area contributed by atoms with E-state index in [-0.39, 0.29) is 10.9 Å². The Labute approximate surface area is 115 Å². The van der Waals surface area contributed by atoms with E-state index < -0.39 is 10.0 Å². The van der Waals surface area contributed by atoms with Crippen molar-refractivity contribution in [3.8, 4) is 0 Å². The predicted molar refractivity (Wildman–Crippen MR) is 76.9 cm³/mol. The molecule has 0 aliphatic carbocycles. The molecule has 0 amide bonds. The van der Waals surface area contributed by atoms with Gasteiger partial charge in [-0.25, -0.2) is 13.1 Å². The Bertz CT molecular complexity index is 465. The van der Waals surface area contributed by atoms with Crippen LogP contribution in [0, 0.1) is 0 Å². The molecule has 1 aromatic carbocycles. The van der Waals surface area contributed by atoms with Gasteiger partial charge in [0.05, 0.1) is 11.5 Å². The molecule has 1 unspecified atom stereocenters. The summed E-state index contributed by atoms with van der Waals surface area (Å²) in [7, 11) is -0.129. The van der Waals surface area contributed by atoms with Crippen LogP contribution < -0.4 is 10.0 Å². The Kier molecular flexibility index (Phi) is 6.27. The van der Waals surface area contributed by atoms with E-state index >= 15 is 0 Å². The van der Waals surface area contributed by atoms with Crippen molar-refractivity contribution in [1.29, 1.82) is 0 Å². The van der Waals surface area contributed by atoms with E-state index in [4.69, 9.17) is 4.74 Å². The molecule has 0 aromatic heterocycles. The van der Waals surface area contributed by atoms with Crippen molar-refractivity contribution < 1.29 is 13.2 Å². The van der Waals surface area contributed by atoms with Crippen molar-refractivity contribution in [1.82, 2.24) is 4.72 Å². The molecular formula is C13H22N2O3S. The molecule has 0 spiro atoms. The maximum atomic E-state index is 12.2. The van der Waals surface area contributed by atoms with E-state index in [0.717, 1.165) is 18.5 Å². The predicted octanol–water partition coefficient (Wildman–Crippen LogP) is 1.82. The van der Waals surface area contributed by atoms with Gasteiger partial charge in [0, 0.05) is 25.9 Å². The third-order valence-electron chi connectivity index (χ3n) is 2.78. The van der Waals surface area contributed by atoms with Crippen LogP contribution in [0.4, 0.5) is 5.69 Å². The van der Waals surface area contributed by atoms with Crippen molar-refractivity contribution >= 4 is 15.7 Å². The summed E-state index contributed by atoms with van der Waals surface area (Å²) >= 11 is 0. The van der Waals surface area contributed by atoms with Gasteiger partial charge >= 0.3 is 0 Å². The van der Waals surface area contributed by atoms with Gasteiger partial charge in [0.2, 0.25) is 10.0 Å². The second-order valence-electron chi connectivity index (χ2n) is 4.34. The van der Waals surface area contributed by atoms with Crippen molar-refractivity contribution in [2.24, 2.45) is 0 Å². The lowest BCUT2D eigenvalue weighted by Crippen LogP contribution is -2.37. The number of sulfonamides is 1. The third kappa shape index (κ3) is 4.81. The fraction of sp³-hybridized carbons (Fsp3) is 0.538. The summed E-state index contributed by atoms with van der Waals surface area (Å²) in [6.07, 6.45) is 1.65. The normalized spacial score (nSPS) is 13.2. The Balaban J connectivity index is 2.83. The first kappa shape index (κ1) is 15.9. The molecule has 19 heavy (non-hydrogen) atoms. The van der Waals surface area contributed by atoms with Crippen molar-refractivity contribution in [2.75, 3.05) is 26.1 Å². The van der Waals surface area contributed by atoms with Crippen molar-refractivity contribution in [3.05, 3.63) is 24.3 Å². The van der Waals surface area contributed by atoms with Crippen LogP contribution in [0.25, 0.3) is 0 Å². The second kappa shape index (κ2) is 7.47. The van der Waals surface area contributed by atoms with Gasteiger partial charge in [0.25, 0.3) is 0 Å². The number of hydrogen-bond donors (Lipinski definition) is 2. The van der Waals surface area contributed by atoms with E-state index in [1.54, 1.807) is 38.4 Å². The average molecular weight is 286 g/mol. The number of methoxy groups -OCH3 is 1. The zero-order chi connectivity index (χ0) is 14.3. The van der Waals surface area contributed by atoms with Gasteiger partial charge in [-0.2, -0.15) is 0 Å². The molecule has 2 N–H and O–H groups in total. The van der Waals surface area contributed by atoms with Crippen LogP contribution >= 0.6 is 0 Å². The van der Waals surface area contributed by atoms with Crippen LogP contribution in [0.1, 0.15) is 19.8 Å². The van der Waals surface area contributed by atoms with Crippen LogP contribution in [0.2, 0.25) is 0 Å². The van der Waals surface area contributed by atoms with E-state index in [0.29, 0.717) is 6.61 Å². The van der Waals surface area contributed by atoms with E-state index in [2.05, 4.69) is 10.0 Å². The van der Waals surface area contributed by atoms with E-state index in [1.165, 1.54) is 0 Å². The summed E-state index contributed by atoms with van der Waals surface area (Å²) in [4.78, 5) is 0.267. The van der Waals surface area contributed by atoms with Gasteiger partial charge in [-0.15, -0.1) is 0 Å². The molecule has 0 aliphatic heterocycles. The van der Waals surface area contributed by atoms with Crippen LogP contribution in [0.3, 0.4) is 0 Å². The van der Waals surface area contributed by atoms with Crippen molar-refractivity contribution in [2.45, 2.75) is 30.7 Å². The second-order valence-corrected chi connectivity index (χ2v) is 6.05. The number of hydrogen-bond acceptors (Lipinski definition) is 4. The van der Waals surface area contributed by atoms with Crippen LogP contribution in [0.15, 0.2) is 29.2 Å². The van der Waals surface area contributed by atoms with Gasteiger partial charge in [-0.3, -0.25) is 0 Å². The first-order valence-corrected chi connectivity index (χ1v) is 7.81. The summed E-state index contributed by atoms with van der Waals surface area (Å²) in [6, 6.07) is 6.46. The van der Waals surface area contributed by atoms with Gasteiger partial charge in [0.1, 0.15) is 0 Å². The molecule has 0 bridgehead atoms. The number of nitrogens with one attached hydrogen (secondary N) is 2. The SMILES string of the molecule is CCCC(COC)NS(=O)(=O)c1ccc(NC)cc1. The summed E-state index contributed by atoms with van der Waals surface area (Å²) < 4.78 is 32.1. The fourth-order valence-corrected chi connectivity index (χ4v) is 3.07. The molecule has 1 rings (SSSR count). The highest BCUT2D eigenvalue weighted by Gasteiger charge is 2.19. The summed E-state index contributed by atoms with van der Waals surface area (Å²) in [5.74, 6) is 0. The molecule has 0 saturated heterocycles. The smallest absolute Gasteiger partial charge is 0.240 e. The minimum Gasteiger partial charge on any atom is -0.388 e. The molecule has 108 valence electrons. The Morgan fingerprint density at radius 3 is 2.37 bits per heavy atom. The largest absolute Gasteiger partial charge is 0.388 e. The number of benzene rings is 1. The molecule has 0 heterocycles. The number of rotatable bonds is 8. The fourth-order valence-electron chi connectivity index (χ4n) is 1.81. The van der Waals surface area contributed by atoms with Gasteiger partial charge in [-0.1, -0.05) is 13.3 Å². The Hall–Kier alpha value is -1.11. The maximum Gasteiger partial charge on any atom is 0.240 e. The molecule has 6 heteroatoms. The first-order chi connectivity index (χ1) is 9.03. The molecule has 0 saturated carbocycles. The Morgan fingerprint density at radius 2 is 1.89 bits per heavy atom. The van der Waals surface area contributed by atoms with Crippen LogP contribution in [-0.4, -0.2) is 35.2 Å². The third-order valence-corrected chi connectivity index (χ3v) is 4.32. The first-order valence-electron chi connectivity index (χ1n) is 6.32. The lowest BCUT2D eigenvalue weighted by molar-refractivity contribution is 0.171. The summed E-state index contributed by atoms with van der Waals surface area (Å²) in [5.41, 5.74) is 0.876. The standard InChI is InChI=1S/C13H22N2O3S/c1-4-5-12(10-18-3)15-19(16,17)13-8-6-11(14-2)7-9-13/h6-9,12,14-15H,4-5,10H2,1-3H3. The summed E-state index contributed by atoms with van der Waals surface area (Å²) in [6.45, 7) is 2.39. The van der Waals surface area contributed by atoms with Crippen LogP contribution in [0.5, 0.6) is 0 Å². The number of anilines is 1. The van der Waals surface area contributed by atoms with Gasteiger partial charge in [-0.05, 0) is 30.7 Å². The quantitative estimate of drug-likeness (QED) is 0.765. The zero-order valence-electron chi connectivity index (χ0n) is 11.6. The van der Waals surface area contributed by atoms with Crippen molar-refractivity contribution in [3.63, 3.8) is 0 Å². The minimum atomic E-state index is -3.49. The van der Waals surface area contributed by atoms with Gasteiger partial charge < -0.3 is 10.1 Å². The lowest BCUT2D eigenvalue weighted by atomic mass is 10.2. The lowest BCUT2D eigenvalue weighted by Gasteiger charge is -2.17. The van der Waals surface area contributed by atoms with Gasteiger partial charge in [0.15, 0.2) is 0 Å². The minimum absolute atomic E-state index is 0.191. The van der Waals surface area contributed by atoms with Crippen LogP contribution in [-0.2, 0) is 14.8 Å². The topological polar surface area (TPSA) is 67.4 Å². The highest BCUT2D eigenvalue weighted by atomic mass is 32.2.